The third-order valence-corrected chi connectivity index (χ3v) is 5.96. The van der Waals surface area contributed by atoms with Gasteiger partial charge in [-0.3, -0.25) is 14.1 Å². The van der Waals surface area contributed by atoms with E-state index in [0.717, 1.165) is 38.5 Å². The summed E-state index contributed by atoms with van der Waals surface area (Å²) >= 11 is 0. The second kappa shape index (κ2) is 18.4. The highest BCUT2D eigenvalue weighted by Crippen LogP contribution is 2.11. The molecule has 1 atom stereocenters. The molecule has 0 heterocycles. The first-order chi connectivity index (χ1) is 14.3. The summed E-state index contributed by atoms with van der Waals surface area (Å²) in [5.74, 6) is -2.71. The summed E-state index contributed by atoms with van der Waals surface area (Å²) in [6.45, 7) is 2.25. The Hall–Kier alpha value is -1.41. The average Bonchev–Trinajstić information content (AvgIpc) is 2.67. The number of rotatable bonds is 20. The van der Waals surface area contributed by atoms with Gasteiger partial charge in [-0.2, -0.15) is 8.42 Å². The van der Waals surface area contributed by atoms with Gasteiger partial charge in [-0.05, 0) is 32.1 Å². The largest absolute Gasteiger partial charge is 0.481 e. The van der Waals surface area contributed by atoms with Gasteiger partial charge >= 0.3 is 11.9 Å². The van der Waals surface area contributed by atoms with E-state index in [9.17, 15) is 18.0 Å². The molecule has 0 amide bonds. The maximum atomic E-state index is 11.7. The van der Waals surface area contributed by atoms with Crippen LogP contribution in [-0.2, 0) is 24.4 Å². The van der Waals surface area contributed by atoms with Crippen LogP contribution in [0.4, 0.5) is 0 Å². The Balaban J connectivity index is 3.58. The molecule has 30 heavy (non-hydrogen) atoms. The third kappa shape index (κ3) is 17.4. The molecule has 1 unspecified atom stereocenters. The van der Waals surface area contributed by atoms with E-state index in [1.165, 1.54) is 44.9 Å². The minimum Gasteiger partial charge on any atom is -0.481 e. The smallest absolute Gasteiger partial charge is 0.327 e. The molecule has 0 saturated carbocycles. The lowest BCUT2D eigenvalue weighted by Gasteiger charge is -2.11. The lowest BCUT2D eigenvalue weighted by Crippen LogP contribution is -2.34. The Morgan fingerprint density at radius 1 is 0.833 bits per heavy atom. The van der Waals surface area contributed by atoms with E-state index >= 15 is 0 Å². The fraction of sp³-hybridized carbons (Fsp3) is 0.818. The van der Waals surface area contributed by atoms with Crippen LogP contribution >= 0.6 is 0 Å². The maximum absolute atomic E-state index is 11.7. The monoisotopic (exact) mass is 448 g/mol. The van der Waals surface area contributed by atoms with Gasteiger partial charge in [0, 0.05) is 0 Å². The van der Waals surface area contributed by atoms with E-state index in [1.807, 2.05) is 0 Å². The quantitative estimate of drug-likeness (QED) is 0.112. The van der Waals surface area contributed by atoms with Crippen molar-refractivity contribution in [1.82, 2.24) is 0 Å². The lowest BCUT2D eigenvalue weighted by molar-refractivity contribution is -0.147. The molecular weight excluding hydrogens is 408 g/mol. The summed E-state index contributed by atoms with van der Waals surface area (Å²) in [6, 6.07) is 0. The van der Waals surface area contributed by atoms with Crippen molar-refractivity contribution in [1.29, 1.82) is 0 Å². The van der Waals surface area contributed by atoms with Gasteiger partial charge in [0.25, 0.3) is 10.1 Å². The SMILES string of the molecule is CCCCCCCC/C=C\CCCCCCCCOC(=O)C(CC(=O)O)S(=O)(=O)O. The molecule has 176 valence electrons. The predicted octanol–water partition coefficient (Wildman–Crippen LogP) is 5.30. The van der Waals surface area contributed by atoms with E-state index in [-0.39, 0.29) is 6.61 Å². The van der Waals surface area contributed by atoms with Gasteiger partial charge in [0.2, 0.25) is 0 Å². The van der Waals surface area contributed by atoms with Gasteiger partial charge in [-0.15, -0.1) is 0 Å². The Labute approximate surface area is 182 Å². The van der Waals surface area contributed by atoms with Gasteiger partial charge in [0.15, 0.2) is 5.25 Å². The number of carboxylic acids is 1. The molecule has 0 aromatic carbocycles. The second-order valence-electron chi connectivity index (χ2n) is 7.71. The lowest BCUT2D eigenvalue weighted by atomic mass is 10.1. The number of carboxylic acid groups (broad SMARTS) is 1. The fourth-order valence-electron chi connectivity index (χ4n) is 3.08. The van der Waals surface area contributed by atoms with Crippen molar-refractivity contribution in [3.05, 3.63) is 12.2 Å². The third-order valence-electron chi connectivity index (χ3n) is 4.88. The molecule has 0 aliphatic carbocycles. The topological polar surface area (TPSA) is 118 Å². The van der Waals surface area contributed by atoms with Crippen molar-refractivity contribution in [2.75, 3.05) is 6.61 Å². The minimum absolute atomic E-state index is 0.0195. The maximum Gasteiger partial charge on any atom is 0.327 e. The van der Waals surface area contributed by atoms with Crippen molar-refractivity contribution in [3.8, 4) is 0 Å². The van der Waals surface area contributed by atoms with Crippen molar-refractivity contribution >= 4 is 22.1 Å². The molecule has 0 aliphatic rings. The van der Waals surface area contributed by atoms with Crippen LogP contribution in [0, 0.1) is 0 Å². The van der Waals surface area contributed by atoms with Gasteiger partial charge in [-0.1, -0.05) is 76.9 Å². The number of unbranched alkanes of at least 4 members (excludes halogenated alkanes) is 12. The van der Waals surface area contributed by atoms with E-state index in [0.29, 0.717) is 6.42 Å². The number of ether oxygens (including phenoxy) is 1. The standard InChI is InChI=1S/C22H40O7S/c1-2-3-4-5-6-7-8-9-10-11-12-13-14-15-16-17-18-29-22(25)20(19-21(23)24)30(26,27)28/h9-10,20H,2-8,11-19H2,1H3,(H,23,24)(H,26,27,28)/b10-9-. The molecule has 0 fully saturated rings. The molecule has 0 aromatic rings. The van der Waals surface area contributed by atoms with E-state index < -0.39 is 33.7 Å². The van der Waals surface area contributed by atoms with Crippen LogP contribution in [-0.4, -0.2) is 41.9 Å². The van der Waals surface area contributed by atoms with Crippen LogP contribution in [0.1, 0.15) is 103 Å². The predicted molar refractivity (Wildman–Crippen MR) is 118 cm³/mol. The van der Waals surface area contributed by atoms with Crippen molar-refractivity contribution in [2.45, 2.75) is 108 Å². The fourth-order valence-corrected chi connectivity index (χ4v) is 3.75. The van der Waals surface area contributed by atoms with Crippen LogP contribution in [0.2, 0.25) is 0 Å². The first kappa shape index (κ1) is 28.6. The molecule has 0 aromatic heterocycles. The molecule has 0 bridgehead atoms. The summed E-state index contributed by atoms with van der Waals surface area (Å²) in [6.07, 6.45) is 19.6. The summed E-state index contributed by atoms with van der Waals surface area (Å²) in [7, 11) is -4.79. The van der Waals surface area contributed by atoms with Gasteiger partial charge in [0.1, 0.15) is 0 Å². The summed E-state index contributed by atoms with van der Waals surface area (Å²) in [5, 5.41) is 6.56. The number of esters is 1. The molecule has 0 radical (unpaired) electrons. The molecule has 0 aliphatic heterocycles. The van der Waals surface area contributed by atoms with Crippen LogP contribution in [0.5, 0.6) is 0 Å². The molecule has 0 saturated heterocycles. The minimum atomic E-state index is -4.79. The van der Waals surface area contributed by atoms with E-state index in [4.69, 9.17) is 14.4 Å². The molecule has 0 spiro atoms. The second-order valence-corrected chi connectivity index (χ2v) is 9.31. The molecule has 7 nitrogen and oxygen atoms in total. The number of carbonyl (C=O) groups excluding carboxylic acids is 1. The number of allylic oxidation sites excluding steroid dienone is 2. The normalized spacial score (nSPS) is 12.9. The highest BCUT2D eigenvalue weighted by molar-refractivity contribution is 7.87. The number of hydrogen-bond donors (Lipinski definition) is 2. The zero-order chi connectivity index (χ0) is 22.7. The average molecular weight is 449 g/mol. The van der Waals surface area contributed by atoms with Crippen LogP contribution < -0.4 is 0 Å². The molecule has 0 rings (SSSR count). The first-order valence-electron chi connectivity index (χ1n) is 11.3. The van der Waals surface area contributed by atoms with Crippen LogP contribution in [0.15, 0.2) is 12.2 Å². The first-order valence-corrected chi connectivity index (χ1v) is 12.8. The van der Waals surface area contributed by atoms with E-state index in [1.54, 1.807) is 0 Å². The van der Waals surface area contributed by atoms with Crippen molar-refractivity contribution < 1.29 is 32.4 Å². The van der Waals surface area contributed by atoms with Gasteiger partial charge < -0.3 is 9.84 Å². The molecular formula is C22H40O7S. The van der Waals surface area contributed by atoms with Crippen LogP contribution in [0.3, 0.4) is 0 Å². The highest BCUT2D eigenvalue weighted by atomic mass is 32.2. The highest BCUT2D eigenvalue weighted by Gasteiger charge is 2.34. The molecule has 8 heteroatoms. The Morgan fingerprint density at radius 2 is 1.30 bits per heavy atom. The zero-order valence-corrected chi connectivity index (χ0v) is 19.2. The Kier molecular flexibility index (Phi) is 17.5. The Bertz CT molecular complexity index is 584. The van der Waals surface area contributed by atoms with Gasteiger partial charge in [0.05, 0.1) is 13.0 Å². The zero-order valence-electron chi connectivity index (χ0n) is 18.4. The van der Waals surface area contributed by atoms with Gasteiger partial charge in [-0.25, -0.2) is 0 Å². The Morgan fingerprint density at radius 3 is 1.77 bits per heavy atom. The van der Waals surface area contributed by atoms with E-state index in [2.05, 4.69) is 19.1 Å². The summed E-state index contributed by atoms with van der Waals surface area (Å²) in [5.41, 5.74) is 0. The van der Waals surface area contributed by atoms with Crippen molar-refractivity contribution in [3.63, 3.8) is 0 Å². The number of hydrogen-bond acceptors (Lipinski definition) is 5. The number of carbonyl (C=O) groups is 2. The van der Waals surface area contributed by atoms with Crippen molar-refractivity contribution in [2.24, 2.45) is 0 Å². The molecule has 2 N–H and O–H groups in total. The summed E-state index contributed by atoms with van der Waals surface area (Å²) in [4.78, 5) is 22.3. The summed E-state index contributed by atoms with van der Waals surface area (Å²) < 4.78 is 35.9. The number of aliphatic carboxylic acids is 1. The van der Waals surface area contributed by atoms with Crippen LogP contribution in [0.25, 0.3) is 0 Å².